The van der Waals surface area contributed by atoms with Gasteiger partial charge in [-0.25, -0.2) is 15.0 Å². The molecule has 0 bridgehead atoms. The van der Waals surface area contributed by atoms with Gasteiger partial charge in [-0.2, -0.15) is 0 Å². The molecule has 0 saturated carbocycles. The zero-order chi connectivity index (χ0) is 17.6. The molecule has 8 heteroatoms. The molecule has 2 aliphatic rings. The number of carbonyl (C=O) groups excluding carboxylic acids is 1. The molecule has 2 aromatic rings. The number of fused-ring (bicyclic) bond motifs is 1. The monoisotopic (exact) mass is 342 g/mol. The molecule has 0 aromatic carbocycles. The topological polar surface area (TPSA) is 108 Å². The van der Waals surface area contributed by atoms with Crippen molar-refractivity contribution in [3.8, 4) is 0 Å². The van der Waals surface area contributed by atoms with E-state index < -0.39 is 5.60 Å². The fourth-order valence-corrected chi connectivity index (χ4v) is 3.96. The summed E-state index contributed by atoms with van der Waals surface area (Å²) in [7, 11) is 1.74. The second-order valence-electron chi connectivity index (χ2n) is 6.98. The number of aliphatic hydroxyl groups is 1. The number of rotatable bonds is 2. The van der Waals surface area contributed by atoms with E-state index in [9.17, 15) is 9.90 Å². The van der Waals surface area contributed by atoms with Gasteiger partial charge in [0, 0.05) is 39.0 Å². The fraction of sp³-hybridized carbons (Fsp3) is 0.529. The minimum atomic E-state index is -1.26. The summed E-state index contributed by atoms with van der Waals surface area (Å²) in [6.07, 6.45) is 3.66. The summed E-state index contributed by atoms with van der Waals surface area (Å²) >= 11 is 0. The van der Waals surface area contributed by atoms with Crippen LogP contribution < -0.4 is 10.6 Å². The fourth-order valence-electron chi connectivity index (χ4n) is 3.96. The normalized spacial score (nSPS) is 27.3. The van der Waals surface area contributed by atoms with Crippen LogP contribution >= 0.6 is 0 Å². The lowest BCUT2D eigenvalue weighted by Gasteiger charge is -2.39. The van der Waals surface area contributed by atoms with Crippen LogP contribution in [0, 0.1) is 5.92 Å². The van der Waals surface area contributed by atoms with Crippen molar-refractivity contribution in [3.05, 3.63) is 18.5 Å². The van der Waals surface area contributed by atoms with E-state index in [0.717, 1.165) is 25.2 Å². The van der Waals surface area contributed by atoms with Gasteiger partial charge in [0.15, 0.2) is 5.82 Å². The third-order valence-electron chi connectivity index (χ3n) is 5.46. The molecule has 25 heavy (non-hydrogen) atoms. The van der Waals surface area contributed by atoms with Gasteiger partial charge in [0.1, 0.15) is 23.3 Å². The summed E-state index contributed by atoms with van der Waals surface area (Å²) in [6, 6.07) is 3.78. The highest BCUT2D eigenvalue weighted by molar-refractivity contribution is 5.87. The van der Waals surface area contributed by atoms with Crippen LogP contribution in [0.25, 0.3) is 11.0 Å². The highest BCUT2D eigenvalue weighted by Gasteiger charge is 2.50. The first-order chi connectivity index (χ1) is 12.0. The standard InChI is InChI=1S/C17H22N6O2/c1-22-8-6-17(25,16(22)24)11-3-2-7-23(9-11)13-5-4-12-14(21-13)15(18)20-10-19-12/h4-5,10-11,25H,2-3,6-9H2,1H3,(H2,18,19,20). The molecule has 0 spiro atoms. The largest absolute Gasteiger partial charge is 0.382 e. The summed E-state index contributed by atoms with van der Waals surface area (Å²) < 4.78 is 0. The third-order valence-corrected chi connectivity index (χ3v) is 5.46. The Morgan fingerprint density at radius 2 is 2.16 bits per heavy atom. The smallest absolute Gasteiger partial charge is 0.254 e. The Kier molecular flexibility index (Phi) is 3.72. The van der Waals surface area contributed by atoms with Gasteiger partial charge in [-0.3, -0.25) is 4.79 Å². The summed E-state index contributed by atoms with van der Waals surface area (Å²) in [6.45, 7) is 2.04. The van der Waals surface area contributed by atoms with E-state index in [1.54, 1.807) is 11.9 Å². The third kappa shape index (κ3) is 2.57. The van der Waals surface area contributed by atoms with Crippen molar-refractivity contribution in [1.29, 1.82) is 0 Å². The number of nitrogens with zero attached hydrogens (tertiary/aromatic N) is 5. The molecule has 3 N–H and O–H groups in total. The number of piperidine rings is 1. The molecule has 2 unspecified atom stereocenters. The van der Waals surface area contributed by atoms with Crippen LogP contribution in [-0.2, 0) is 4.79 Å². The van der Waals surface area contributed by atoms with Crippen LogP contribution in [0.15, 0.2) is 18.5 Å². The van der Waals surface area contributed by atoms with Crippen molar-refractivity contribution in [2.75, 3.05) is 37.3 Å². The maximum absolute atomic E-state index is 12.4. The Bertz CT molecular complexity index is 828. The number of amides is 1. The number of hydrogen-bond donors (Lipinski definition) is 2. The van der Waals surface area contributed by atoms with Crippen LogP contribution in [0.2, 0.25) is 0 Å². The molecular formula is C17H22N6O2. The van der Waals surface area contributed by atoms with E-state index in [-0.39, 0.29) is 11.8 Å². The first-order valence-corrected chi connectivity index (χ1v) is 8.59. The number of pyridine rings is 1. The minimum Gasteiger partial charge on any atom is -0.382 e. The summed E-state index contributed by atoms with van der Waals surface area (Å²) in [5.74, 6) is 0.872. The van der Waals surface area contributed by atoms with Crippen LogP contribution in [0.5, 0.6) is 0 Å². The SMILES string of the molecule is CN1CCC(O)(C2CCCN(c3ccc4ncnc(N)c4n3)C2)C1=O. The number of nitrogens with two attached hydrogens (primary N) is 1. The minimum absolute atomic E-state index is 0.0967. The molecular weight excluding hydrogens is 320 g/mol. The van der Waals surface area contributed by atoms with E-state index in [2.05, 4.69) is 19.9 Å². The maximum Gasteiger partial charge on any atom is 0.254 e. The van der Waals surface area contributed by atoms with E-state index in [1.807, 2.05) is 12.1 Å². The van der Waals surface area contributed by atoms with E-state index in [4.69, 9.17) is 5.73 Å². The number of hydrogen-bond acceptors (Lipinski definition) is 7. The summed E-state index contributed by atoms with van der Waals surface area (Å²) in [5, 5.41) is 11.0. The zero-order valence-corrected chi connectivity index (χ0v) is 14.2. The second-order valence-corrected chi connectivity index (χ2v) is 6.98. The average Bonchev–Trinajstić information content (AvgIpc) is 2.91. The Hall–Kier alpha value is -2.48. The molecule has 2 aromatic heterocycles. The van der Waals surface area contributed by atoms with E-state index in [1.165, 1.54) is 6.33 Å². The average molecular weight is 342 g/mol. The van der Waals surface area contributed by atoms with Gasteiger partial charge in [-0.05, 0) is 25.0 Å². The molecule has 0 radical (unpaired) electrons. The zero-order valence-electron chi connectivity index (χ0n) is 14.2. The number of carbonyl (C=O) groups is 1. The number of likely N-dealkylation sites (tertiary alicyclic amines) is 1. The lowest BCUT2D eigenvalue weighted by Crippen LogP contribution is -2.52. The Morgan fingerprint density at radius 1 is 1.32 bits per heavy atom. The lowest BCUT2D eigenvalue weighted by atomic mass is 9.80. The molecule has 2 atom stereocenters. The van der Waals surface area contributed by atoms with E-state index in [0.29, 0.717) is 36.4 Å². The predicted octanol–water partition coefficient (Wildman–Crippen LogP) is 0.417. The second kappa shape index (κ2) is 5.80. The van der Waals surface area contributed by atoms with Gasteiger partial charge >= 0.3 is 0 Å². The van der Waals surface area contributed by atoms with Gasteiger partial charge in [0.25, 0.3) is 5.91 Å². The van der Waals surface area contributed by atoms with Crippen molar-refractivity contribution in [2.24, 2.45) is 5.92 Å². The summed E-state index contributed by atoms with van der Waals surface area (Å²) in [5.41, 5.74) is 5.94. The molecule has 2 fully saturated rings. The van der Waals surface area contributed by atoms with Crippen LogP contribution in [0.4, 0.5) is 11.6 Å². The highest BCUT2D eigenvalue weighted by atomic mass is 16.3. The highest BCUT2D eigenvalue weighted by Crippen LogP contribution is 2.36. The van der Waals surface area contributed by atoms with Crippen molar-refractivity contribution < 1.29 is 9.90 Å². The van der Waals surface area contributed by atoms with Gasteiger partial charge in [0.2, 0.25) is 0 Å². The predicted molar refractivity (Wildman–Crippen MR) is 93.9 cm³/mol. The molecule has 1 amide bonds. The van der Waals surface area contributed by atoms with Crippen LogP contribution in [0.3, 0.4) is 0 Å². The van der Waals surface area contributed by atoms with Gasteiger partial charge in [-0.15, -0.1) is 0 Å². The maximum atomic E-state index is 12.4. The molecule has 4 rings (SSSR count). The molecule has 8 nitrogen and oxygen atoms in total. The number of anilines is 2. The van der Waals surface area contributed by atoms with Gasteiger partial charge < -0.3 is 20.6 Å². The van der Waals surface area contributed by atoms with Gasteiger partial charge in [0.05, 0.1) is 5.52 Å². The van der Waals surface area contributed by atoms with Gasteiger partial charge in [-0.1, -0.05) is 0 Å². The number of likely N-dealkylation sites (N-methyl/N-ethyl adjacent to an activating group) is 1. The molecule has 132 valence electrons. The molecule has 0 aliphatic carbocycles. The Balaban J connectivity index is 1.61. The van der Waals surface area contributed by atoms with E-state index >= 15 is 0 Å². The quantitative estimate of drug-likeness (QED) is 0.814. The van der Waals surface area contributed by atoms with Crippen molar-refractivity contribution in [1.82, 2.24) is 19.9 Å². The summed E-state index contributed by atoms with van der Waals surface area (Å²) in [4.78, 5) is 28.9. The number of nitrogen functional groups attached to an aromatic ring is 1. The first kappa shape index (κ1) is 16.0. The first-order valence-electron chi connectivity index (χ1n) is 8.59. The molecule has 2 aliphatic heterocycles. The van der Waals surface area contributed by atoms with Crippen molar-refractivity contribution in [3.63, 3.8) is 0 Å². The van der Waals surface area contributed by atoms with Crippen LogP contribution in [-0.4, -0.2) is 63.1 Å². The van der Waals surface area contributed by atoms with Crippen molar-refractivity contribution in [2.45, 2.75) is 24.9 Å². The molecule has 4 heterocycles. The molecule has 2 saturated heterocycles. The lowest BCUT2D eigenvalue weighted by molar-refractivity contribution is -0.147. The Morgan fingerprint density at radius 3 is 2.92 bits per heavy atom. The Labute approximate surface area is 145 Å². The number of aromatic nitrogens is 3. The van der Waals surface area contributed by atoms with Crippen LogP contribution in [0.1, 0.15) is 19.3 Å². The van der Waals surface area contributed by atoms with Crippen molar-refractivity contribution >= 4 is 28.6 Å².